The molecule has 16 heavy (non-hydrogen) atoms. The highest BCUT2D eigenvalue weighted by molar-refractivity contribution is 5.93. The third-order valence-corrected chi connectivity index (χ3v) is 3.06. The molecule has 0 aromatic carbocycles. The number of aromatic nitrogens is 1. The van der Waals surface area contributed by atoms with Gasteiger partial charge < -0.3 is 10.6 Å². The van der Waals surface area contributed by atoms with Gasteiger partial charge in [-0.2, -0.15) is 0 Å². The minimum Gasteiger partial charge on any atom is -0.382 e. The summed E-state index contributed by atoms with van der Waals surface area (Å²) in [7, 11) is 0. The standard InChI is InChI=1S/C12H18N4/c1-12(2)4-6-16(8-12)9-3-5-15-10(7-9)11(13)14/h3,5,7H,4,6,8H2,1-2H3,(H3,13,14). The van der Waals surface area contributed by atoms with Gasteiger partial charge in [-0.1, -0.05) is 13.8 Å². The Morgan fingerprint density at radius 3 is 2.88 bits per heavy atom. The first-order valence-corrected chi connectivity index (χ1v) is 5.53. The molecule has 0 aliphatic carbocycles. The maximum atomic E-state index is 7.38. The number of hydrogen-bond acceptors (Lipinski definition) is 3. The molecule has 1 aromatic heterocycles. The Hall–Kier alpha value is -1.58. The summed E-state index contributed by atoms with van der Waals surface area (Å²) in [4.78, 5) is 6.40. The monoisotopic (exact) mass is 218 g/mol. The molecule has 4 nitrogen and oxygen atoms in total. The summed E-state index contributed by atoms with van der Waals surface area (Å²) < 4.78 is 0. The van der Waals surface area contributed by atoms with Gasteiger partial charge in [-0.15, -0.1) is 0 Å². The van der Waals surface area contributed by atoms with E-state index in [1.807, 2.05) is 12.1 Å². The van der Waals surface area contributed by atoms with E-state index in [-0.39, 0.29) is 5.84 Å². The van der Waals surface area contributed by atoms with Gasteiger partial charge in [0.25, 0.3) is 0 Å². The minimum absolute atomic E-state index is 0.0281. The van der Waals surface area contributed by atoms with Crippen LogP contribution in [-0.4, -0.2) is 23.9 Å². The lowest BCUT2D eigenvalue weighted by Gasteiger charge is -2.21. The van der Waals surface area contributed by atoms with Crippen molar-refractivity contribution < 1.29 is 0 Å². The van der Waals surface area contributed by atoms with Gasteiger partial charge in [0.15, 0.2) is 0 Å². The quantitative estimate of drug-likeness (QED) is 0.585. The van der Waals surface area contributed by atoms with Crippen LogP contribution in [-0.2, 0) is 0 Å². The van der Waals surface area contributed by atoms with Crippen LogP contribution in [0.2, 0.25) is 0 Å². The Labute approximate surface area is 96.0 Å². The first-order valence-electron chi connectivity index (χ1n) is 5.53. The molecule has 1 aliphatic heterocycles. The third kappa shape index (κ3) is 2.15. The molecule has 1 aromatic rings. The fourth-order valence-electron chi connectivity index (χ4n) is 2.10. The summed E-state index contributed by atoms with van der Waals surface area (Å²) in [6.07, 6.45) is 2.92. The number of rotatable bonds is 2. The summed E-state index contributed by atoms with van der Waals surface area (Å²) in [5.74, 6) is 0.0281. The molecule has 1 fully saturated rings. The van der Waals surface area contributed by atoms with Gasteiger partial charge in [-0.25, -0.2) is 0 Å². The van der Waals surface area contributed by atoms with Gasteiger partial charge in [0.2, 0.25) is 0 Å². The van der Waals surface area contributed by atoms with Crippen molar-refractivity contribution in [1.29, 1.82) is 5.41 Å². The van der Waals surface area contributed by atoms with Crippen LogP contribution in [0.4, 0.5) is 5.69 Å². The maximum Gasteiger partial charge on any atom is 0.141 e. The zero-order chi connectivity index (χ0) is 11.8. The Balaban J connectivity index is 2.22. The van der Waals surface area contributed by atoms with Gasteiger partial charge in [-0.05, 0) is 24.0 Å². The molecule has 86 valence electrons. The maximum absolute atomic E-state index is 7.38. The van der Waals surface area contributed by atoms with Crippen molar-refractivity contribution in [2.45, 2.75) is 20.3 Å². The van der Waals surface area contributed by atoms with E-state index >= 15 is 0 Å². The topological polar surface area (TPSA) is 66.0 Å². The van der Waals surface area contributed by atoms with Gasteiger partial charge in [0.1, 0.15) is 11.5 Å². The van der Waals surface area contributed by atoms with Crippen molar-refractivity contribution in [2.75, 3.05) is 18.0 Å². The van der Waals surface area contributed by atoms with E-state index in [4.69, 9.17) is 11.1 Å². The fraction of sp³-hybridized carbons (Fsp3) is 0.500. The smallest absolute Gasteiger partial charge is 0.141 e. The molecule has 0 bridgehead atoms. The van der Waals surface area contributed by atoms with Crippen LogP contribution in [0.15, 0.2) is 18.3 Å². The van der Waals surface area contributed by atoms with Crippen LogP contribution in [0.5, 0.6) is 0 Å². The second-order valence-corrected chi connectivity index (χ2v) is 5.15. The van der Waals surface area contributed by atoms with Crippen molar-refractivity contribution in [3.05, 3.63) is 24.0 Å². The van der Waals surface area contributed by atoms with E-state index in [0.29, 0.717) is 11.1 Å². The average Bonchev–Trinajstić information content (AvgIpc) is 2.59. The second-order valence-electron chi connectivity index (χ2n) is 5.15. The van der Waals surface area contributed by atoms with Gasteiger partial charge >= 0.3 is 0 Å². The molecule has 0 amide bonds. The van der Waals surface area contributed by atoms with Crippen LogP contribution < -0.4 is 10.6 Å². The molecular formula is C12H18N4. The molecule has 2 rings (SSSR count). The molecule has 3 N–H and O–H groups in total. The second kappa shape index (κ2) is 3.77. The van der Waals surface area contributed by atoms with E-state index in [1.54, 1.807) is 6.20 Å². The van der Waals surface area contributed by atoms with Crippen molar-refractivity contribution >= 4 is 11.5 Å². The van der Waals surface area contributed by atoms with Gasteiger partial charge in [0, 0.05) is 25.0 Å². The third-order valence-electron chi connectivity index (χ3n) is 3.06. The number of pyridine rings is 1. The number of nitrogen functional groups attached to an aromatic ring is 1. The lowest BCUT2D eigenvalue weighted by molar-refractivity contribution is 0.418. The van der Waals surface area contributed by atoms with E-state index in [9.17, 15) is 0 Å². The summed E-state index contributed by atoms with van der Waals surface area (Å²) in [5, 5.41) is 7.38. The molecular weight excluding hydrogens is 200 g/mol. The first kappa shape index (κ1) is 10.9. The molecule has 1 saturated heterocycles. The number of nitrogens with zero attached hydrogens (tertiary/aromatic N) is 2. The van der Waals surface area contributed by atoms with Gasteiger partial charge in [-0.3, -0.25) is 10.4 Å². The SMILES string of the molecule is CC1(C)CCN(c2ccnc(C(=N)N)c2)C1. The van der Waals surface area contributed by atoms with Gasteiger partial charge in [0.05, 0.1) is 0 Å². The van der Waals surface area contributed by atoms with Crippen LogP contribution in [0.25, 0.3) is 0 Å². The minimum atomic E-state index is 0.0281. The molecule has 0 atom stereocenters. The lowest BCUT2D eigenvalue weighted by Crippen LogP contribution is -2.23. The zero-order valence-electron chi connectivity index (χ0n) is 9.83. The van der Waals surface area contributed by atoms with E-state index in [0.717, 1.165) is 18.8 Å². The van der Waals surface area contributed by atoms with Crippen LogP contribution in [0.1, 0.15) is 26.0 Å². The highest BCUT2D eigenvalue weighted by Crippen LogP contribution is 2.32. The molecule has 1 aliphatic rings. The van der Waals surface area contributed by atoms with Crippen LogP contribution >= 0.6 is 0 Å². The normalized spacial score (nSPS) is 18.8. The molecule has 0 radical (unpaired) electrons. The lowest BCUT2D eigenvalue weighted by atomic mass is 9.93. The van der Waals surface area contributed by atoms with E-state index in [1.165, 1.54) is 6.42 Å². The van der Waals surface area contributed by atoms with Crippen molar-refractivity contribution in [1.82, 2.24) is 4.98 Å². The Morgan fingerprint density at radius 1 is 1.56 bits per heavy atom. The highest BCUT2D eigenvalue weighted by Gasteiger charge is 2.29. The predicted molar refractivity (Wildman–Crippen MR) is 65.9 cm³/mol. The summed E-state index contributed by atoms with van der Waals surface area (Å²) in [5.41, 5.74) is 7.49. The number of nitrogens with two attached hydrogens (primary N) is 1. The number of nitrogens with one attached hydrogen (secondary N) is 1. The van der Waals surface area contributed by atoms with Crippen molar-refractivity contribution in [2.24, 2.45) is 11.1 Å². The fourth-order valence-corrected chi connectivity index (χ4v) is 2.10. The largest absolute Gasteiger partial charge is 0.382 e. The Morgan fingerprint density at radius 2 is 2.31 bits per heavy atom. The van der Waals surface area contributed by atoms with E-state index < -0.39 is 0 Å². The predicted octanol–water partition coefficient (Wildman–Crippen LogP) is 1.60. The average molecular weight is 218 g/mol. The number of amidine groups is 1. The Bertz CT molecular complexity index is 411. The molecule has 4 heteroatoms. The zero-order valence-corrected chi connectivity index (χ0v) is 9.83. The van der Waals surface area contributed by atoms with Crippen molar-refractivity contribution in [3.8, 4) is 0 Å². The number of hydrogen-bond donors (Lipinski definition) is 2. The first-order chi connectivity index (χ1) is 7.48. The van der Waals surface area contributed by atoms with Crippen LogP contribution in [0, 0.1) is 10.8 Å². The summed E-state index contributed by atoms with van der Waals surface area (Å²) in [6, 6.07) is 3.87. The van der Waals surface area contributed by atoms with Crippen molar-refractivity contribution in [3.63, 3.8) is 0 Å². The Kier molecular flexibility index (Phi) is 2.58. The molecule has 0 unspecified atom stereocenters. The summed E-state index contributed by atoms with van der Waals surface area (Å²) >= 11 is 0. The molecule has 0 spiro atoms. The van der Waals surface area contributed by atoms with E-state index in [2.05, 4.69) is 23.7 Å². The van der Waals surface area contributed by atoms with Crippen LogP contribution in [0.3, 0.4) is 0 Å². The number of anilines is 1. The highest BCUT2D eigenvalue weighted by atomic mass is 15.2. The summed E-state index contributed by atoms with van der Waals surface area (Å²) in [6.45, 7) is 6.67. The molecule has 2 heterocycles. The molecule has 0 saturated carbocycles.